The maximum atomic E-state index is 12.9. The zero-order chi connectivity index (χ0) is 17.4. The summed E-state index contributed by atoms with van der Waals surface area (Å²) in [6, 6.07) is 8.14. The fourth-order valence-corrected chi connectivity index (χ4v) is 4.54. The van der Waals surface area contributed by atoms with Crippen LogP contribution < -0.4 is 0 Å². The molecule has 3 heterocycles. The molecule has 4 heteroatoms. The summed E-state index contributed by atoms with van der Waals surface area (Å²) in [6.45, 7) is 5.79. The van der Waals surface area contributed by atoms with Crippen LogP contribution in [-0.2, 0) is 6.42 Å². The molecule has 0 aromatic carbocycles. The standard InChI is InChI=1S/C21H25N3O/c1-14-5-8-18(23-11-14)10-16-6-7-17-12-24(13-19(16)17)21(25)20-15(2)4-3-9-22-20/h3-5,8-9,11,16-17,19H,6-7,10,12-13H2,1-2H3/t16-,17-,19-/m1/s1. The van der Waals surface area contributed by atoms with Gasteiger partial charge in [0, 0.05) is 31.2 Å². The van der Waals surface area contributed by atoms with E-state index in [1.165, 1.54) is 24.1 Å². The van der Waals surface area contributed by atoms with Crippen molar-refractivity contribution in [2.24, 2.45) is 17.8 Å². The summed E-state index contributed by atoms with van der Waals surface area (Å²) in [7, 11) is 0. The summed E-state index contributed by atoms with van der Waals surface area (Å²) < 4.78 is 0. The molecule has 1 aliphatic carbocycles. The Bertz CT molecular complexity index is 771. The van der Waals surface area contributed by atoms with Gasteiger partial charge in [0.05, 0.1) is 0 Å². The van der Waals surface area contributed by atoms with E-state index in [2.05, 4.69) is 29.0 Å². The van der Waals surface area contributed by atoms with Crippen molar-refractivity contribution in [2.75, 3.05) is 13.1 Å². The average Bonchev–Trinajstić information content (AvgIpc) is 3.19. The first kappa shape index (κ1) is 16.2. The molecule has 4 rings (SSSR count). The minimum Gasteiger partial charge on any atom is -0.337 e. The minimum atomic E-state index is 0.0970. The van der Waals surface area contributed by atoms with Crippen LogP contribution in [0.15, 0.2) is 36.7 Å². The number of aryl methyl sites for hydroxylation is 2. The molecule has 1 saturated carbocycles. The number of carbonyl (C=O) groups excluding carboxylic acids is 1. The van der Waals surface area contributed by atoms with Crippen LogP contribution in [0, 0.1) is 31.6 Å². The van der Waals surface area contributed by atoms with E-state index in [4.69, 9.17) is 0 Å². The van der Waals surface area contributed by atoms with Gasteiger partial charge in [-0.2, -0.15) is 0 Å². The number of amides is 1. The molecule has 0 N–H and O–H groups in total. The predicted molar refractivity (Wildman–Crippen MR) is 97.3 cm³/mol. The SMILES string of the molecule is Cc1ccc(C[C@H]2CC[C@@H]3CN(C(=O)c4ncccc4C)C[C@H]23)nc1. The molecular weight excluding hydrogens is 310 g/mol. The summed E-state index contributed by atoms with van der Waals surface area (Å²) in [5.41, 5.74) is 3.96. The fraction of sp³-hybridized carbons (Fsp3) is 0.476. The van der Waals surface area contributed by atoms with E-state index in [0.717, 1.165) is 25.1 Å². The highest BCUT2D eigenvalue weighted by atomic mass is 16.2. The molecule has 0 unspecified atom stereocenters. The molecular formula is C21H25N3O. The third-order valence-corrected chi connectivity index (χ3v) is 5.95. The molecule has 0 radical (unpaired) electrons. The second kappa shape index (κ2) is 6.58. The molecule has 2 aromatic rings. The summed E-state index contributed by atoms with van der Waals surface area (Å²) in [6.07, 6.45) is 7.19. The fourth-order valence-electron chi connectivity index (χ4n) is 4.54. The summed E-state index contributed by atoms with van der Waals surface area (Å²) in [5.74, 6) is 1.99. The second-order valence-electron chi connectivity index (χ2n) is 7.67. The molecule has 1 amide bonds. The zero-order valence-electron chi connectivity index (χ0n) is 15.0. The van der Waals surface area contributed by atoms with Crippen molar-refractivity contribution in [3.8, 4) is 0 Å². The summed E-state index contributed by atoms with van der Waals surface area (Å²) in [5, 5.41) is 0. The molecule has 2 aromatic heterocycles. The van der Waals surface area contributed by atoms with Gasteiger partial charge in [0.25, 0.3) is 5.91 Å². The van der Waals surface area contributed by atoms with Crippen molar-refractivity contribution in [1.29, 1.82) is 0 Å². The van der Waals surface area contributed by atoms with Gasteiger partial charge < -0.3 is 4.90 Å². The minimum absolute atomic E-state index is 0.0970. The largest absolute Gasteiger partial charge is 0.337 e. The average molecular weight is 335 g/mol. The number of hydrogen-bond acceptors (Lipinski definition) is 3. The summed E-state index contributed by atoms with van der Waals surface area (Å²) >= 11 is 0. The molecule has 130 valence electrons. The molecule has 0 bridgehead atoms. The number of pyridine rings is 2. The smallest absolute Gasteiger partial charge is 0.272 e. The van der Waals surface area contributed by atoms with Gasteiger partial charge in [-0.3, -0.25) is 14.8 Å². The number of nitrogens with zero attached hydrogens (tertiary/aromatic N) is 3. The van der Waals surface area contributed by atoms with E-state index in [0.29, 0.717) is 23.4 Å². The highest BCUT2D eigenvalue weighted by molar-refractivity contribution is 5.93. The van der Waals surface area contributed by atoms with E-state index in [-0.39, 0.29) is 5.91 Å². The van der Waals surface area contributed by atoms with Crippen LogP contribution in [0.3, 0.4) is 0 Å². The maximum absolute atomic E-state index is 12.9. The Kier molecular flexibility index (Phi) is 4.28. The molecule has 0 spiro atoms. The van der Waals surface area contributed by atoms with Gasteiger partial charge in [-0.25, -0.2) is 0 Å². The molecule has 25 heavy (non-hydrogen) atoms. The van der Waals surface area contributed by atoms with Crippen molar-refractivity contribution in [1.82, 2.24) is 14.9 Å². The van der Waals surface area contributed by atoms with Crippen LogP contribution in [0.2, 0.25) is 0 Å². The first-order chi connectivity index (χ1) is 12.1. The zero-order valence-corrected chi connectivity index (χ0v) is 15.0. The highest BCUT2D eigenvalue weighted by Crippen LogP contribution is 2.43. The van der Waals surface area contributed by atoms with Gasteiger partial charge in [-0.15, -0.1) is 0 Å². The predicted octanol–water partition coefficient (Wildman–Crippen LogP) is 3.43. The van der Waals surface area contributed by atoms with Crippen LogP contribution in [0.4, 0.5) is 0 Å². The Morgan fingerprint density at radius 2 is 2.04 bits per heavy atom. The lowest BCUT2D eigenvalue weighted by atomic mass is 9.89. The Hall–Kier alpha value is -2.23. The van der Waals surface area contributed by atoms with Crippen LogP contribution in [0.1, 0.15) is 40.2 Å². The quantitative estimate of drug-likeness (QED) is 0.863. The third kappa shape index (κ3) is 3.17. The monoisotopic (exact) mass is 335 g/mol. The lowest BCUT2D eigenvalue weighted by molar-refractivity contribution is 0.0770. The van der Waals surface area contributed by atoms with Crippen LogP contribution in [0.5, 0.6) is 0 Å². The van der Waals surface area contributed by atoms with Crippen molar-refractivity contribution in [3.63, 3.8) is 0 Å². The Labute approximate surface area is 149 Å². The van der Waals surface area contributed by atoms with Gasteiger partial charge >= 0.3 is 0 Å². The lowest BCUT2D eigenvalue weighted by Gasteiger charge is -2.21. The van der Waals surface area contributed by atoms with E-state index >= 15 is 0 Å². The number of carbonyl (C=O) groups is 1. The number of aromatic nitrogens is 2. The molecule has 1 saturated heterocycles. The molecule has 4 nitrogen and oxygen atoms in total. The topological polar surface area (TPSA) is 46.1 Å². The van der Waals surface area contributed by atoms with Gasteiger partial charge in [0.1, 0.15) is 5.69 Å². The third-order valence-electron chi connectivity index (χ3n) is 5.95. The molecule has 3 atom stereocenters. The van der Waals surface area contributed by atoms with Crippen LogP contribution >= 0.6 is 0 Å². The van der Waals surface area contributed by atoms with E-state index in [9.17, 15) is 4.79 Å². The normalized spacial score (nSPS) is 25.2. The van der Waals surface area contributed by atoms with Gasteiger partial charge in [-0.05, 0) is 74.1 Å². The Morgan fingerprint density at radius 1 is 1.16 bits per heavy atom. The Balaban J connectivity index is 1.45. The van der Waals surface area contributed by atoms with Crippen molar-refractivity contribution in [2.45, 2.75) is 33.1 Å². The Morgan fingerprint density at radius 3 is 2.80 bits per heavy atom. The van der Waals surface area contributed by atoms with Gasteiger partial charge in [0.2, 0.25) is 0 Å². The highest BCUT2D eigenvalue weighted by Gasteiger charge is 2.44. The lowest BCUT2D eigenvalue weighted by Crippen LogP contribution is -2.31. The molecule has 1 aliphatic heterocycles. The van der Waals surface area contributed by atoms with Crippen molar-refractivity contribution in [3.05, 3.63) is 59.2 Å². The van der Waals surface area contributed by atoms with Crippen LogP contribution in [0.25, 0.3) is 0 Å². The number of rotatable bonds is 3. The first-order valence-corrected chi connectivity index (χ1v) is 9.24. The first-order valence-electron chi connectivity index (χ1n) is 9.24. The van der Waals surface area contributed by atoms with Crippen LogP contribution in [-0.4, -0.2) is 33.9 Å². The number of fused-ring (bicyclic) bond motifs is 1. The second-order valence-corrected chi connectivity index (χ2v) is 7.67. The van der Waals surface area contributed by atoms with Gasteiger partial charge in [0.15, 0.2) is 0 Å². The number of likely N-dealkylation sites (tertiary alicyclic amines) is 1. The molecule has 2 aliphatic rings. The maximum Gasteiger partial charge on any atom is 0.272 e. The van der Waals surface area contributed by atoms with Crippen molar-refractivity contribution >= 4 is 5.91 Å². The molecule has 2 fully saturated rings. The number of hydrogen-bond donors (Lipinski definition) is 0. The van der Waals surface area contributed by atoms with Gasteiger partial charge in [-0.1, -0.05) is 12.1 Å². The van der Waals surface area contributed by atoms with E-state index in [1.54, 1.807) is 6.20 Å². The van der Waals surface area contributed by atoms with E-state index in [1.807, 2.05) is 30.2 Å². The summed E-state index contributed by atoms with van der Waals surface area (Å²) in [4.78, 5) is 23.8. The van der Waals surface area contributed by atoms with E-state index < -0.39 is 0 Å². The van der Waals surface area contributed by atoms with Crippen molar-refractivity contribution < 1.29 is 4.79 Å².